The van der Waals surface area contributed by atoms with Crippen LogP contribution in [0.5, 0.6) is 6.01 Å². The number of nitrogens with zero attached hydrogens (tertiary/aromatic N) is 6. The number of nitrogens with one attached hydrogen (secondary N) is 1. The van der Waals surface area contributed by atoms with Crippen molar-refractivity contribution in [2.45, 2.75) is 58.3 Å². The van der Waals surface area contributed by atoms with Crippen molar-refractivity contribution in [3.8, 4) is 23.3 Å². The molecule has 0 aliphatic carbocycles. The van der Waals surface area contributed by atoms with E-state index in [9.17, 15) is 22.8 Å². The van der Waals surface area contributed by atoms with E-state index in [0.717, 1.165) is 25.5 Å². The van der Waals surface area contributed by atoms with E-state index in [-0.39, 0.29) is 46.9 Å². The fourth-order valence-corrected chi connectivity index (χ4v) is 7.11. The minimum Gasteiger partial charge on any atom is -0.462 e. The van der Waals surface area contributed by atoms with Crippen LogP contribution in [0.4, 0.5) is 33.5 Å². The van der Waals surface area contributed by atoms with Crippen molar-refractivity contribution >= 4 is 22.4 Å². The molecular weight excluding hydrogens is 607 g/mol. The third-order valence-corrected chi connectivity index (χ3v) is 9.49. The lowest BCUT2D eigenvalue weighted by Gasteiger charge is -2.41. The number of benzene rings is 1. The Morgan fingerprint density at radius 2 is 1.96 bits per heavy atom. The molecule has 1 aromatic carbocycles. The molecule has 3 aliphatic heterocycles. The zero-order chi connectivity index (χ0) is 33.0. The molecule has 0 saturated carbocycles. The van der Waals surface area contributed by atoms with E-state index in [1.165, 1.54) is 13.1 Å². The van der Waals surface area contributed by atoms with E-state index < -0.39 is 39.8 Å². The van der Waals surface area contributed by atoms with E-state index in [1.54, 1.807) is 6.07 Å². The molecule has 5 heterocycles. The second kappa shape index (κ2) is 11.9. The zero-order valence-electron chi connectivity index (χ0n) is 25.8. The summed E-state index contributed by atoms with van der Waals surface area (Å²) >= 11 is 0. The highest BCUT2D eigenvalue weighted by molar-refractivity contribution is 5.93. The average Bonchev–Trinajstić information content (AvgIpc) is 3.35. The first-order valence-electron chi connectivity index (χ1n) is 15.3. The van der Waals surface area contributed by atoms with Crippen LogP contribution in [0.1, 0.15) is 49.8 Å². The Morgan fingerprint density at radius 3 is 2.59 bits per heavy atom. The van der Waals surface area contributed by atoms with Gasteiger partial charge in [-0.1, -0.05) is 13.8 Å². The SMILES string of the molecule is CCN1CC/C(=C\F)[C@](C)(COc2nc(N3C[C@H]4CC[C@@H](C3)N4)c3cnc(-c4c(C#N)c(N)cc(C)c4C(F)(F)F)c(F)c3n2)C1. The molecule has 0 unspecified atom stereocenters. The van der Waals surface area contributed by atoms with Gasteiger partial charge in [-0.25, -0.2) is 8.78 Å². The average molecular weight is 643 g/mol. The topological polar surface area (TPSA) is 116 Å². The maximum atomic E-state index is 16.7. The van der Waals surface area contributed by atoms with Crippen LogP contribution < -0.4 is 20.7 Å². The number of piperidine rings is 1. The van der Waals surface area contributed by atoms with Crippen molar-refractivity contribution in [3.63, 3.8) is 0 Å². The third kappa shape index (κ3) is 5.60. The summed E-state index contributed by atoms with van der Waals surface area (Å²) in [6.45, 7) is 8.20. The molecule has 3 atom stereocenters. The maximum Gasteiger partial charge on any atom is 0.417 e. The number of hydrogen-bond donors (Lipinski definition) is 2. The number of nitriles is 1. The van der Waals surface area contributed by atoms with Gasteiger partial charge in [-0.15, -0.1) is 0 Å². The van der Waals surface area contributed by atoms with Gasteiger partial charge in [-0.2, -0.15) is 28.4 Å². The number of nitrogens with two attached hydrogens (primary N) is 1. The predicted octanol–water partition coefficient (Wildman–Crippen LogP) is 5.52. The Labute approximate surface area is 263 Å². The first kappa shape index (κ1) is 31.9. The van der Waals surface area contributed by atoms with Gasteiger partial charge >= 0.3 is 12.2 Å². The minimum absolute atomic E-state index is 0.0121. The molecule has 3 fully saturated rings. The van der Waals surface area contributed by atoms with Crippen LogP contribution in [0.2, 0.25) is 0 Å². The zero-order valence-corrected chi connectivity index (χ0v) is 25.8. The van der Waals surface area contributed by atoms with Gasteiger partial charge in [0.1, 0.15) is 29.7 Å². The van der Waals surface area contributed by atoms with Crippen LogP contribution >= 0.6 is 0 Å². The molecule has 3 aromatic rings. The minimum atomic E-state index is -4.93. The lowest BCUT2D eigenvalue weighted by molar-refractivity contribution is -0.137. The van der Waals surface area contributed by atoms with Gasteiger partial charge in [0.25, 0.3) is 0 Å². The van der Waals surface area contributed by atoms with Crippen LogP contribution in [0.15, 0.2) is 24.2 Å². The van der Waals surface area contributed by atoms with Gasteiger partial charge in [-0.3, -0.25) is 4.98 Å². The quantitative estimate of drug-likeness (QED) is 0.265. The predicted molar refractivity (Wildman–Crippen MR) is 163 cm³/mol. The highest BCUT2D eigenvalue weighted by Gasteiger charge is 2.40. The molecule has 3 N–H and O–H groups in total. The summed E-state index contributed by atoms with van der Waals surface area (Å²) in [5.74, 6) is -0.830. The largest absolute Gasteiger partial charge is 0.462 e. The maximum absolute atomic E-state index is 16.7. The Balaban J connectivity index is 1.51. The monoisotopic (exact) mass is 642 g/mol. The number of aryl methyl sites for hydroxylation is 1. The Bertz CT molecular complexity index is 1740. The fourth-order valence-electron chi connectivity index (χ4n) is 7.11. The van der Waals surface area contributed by atoms with Crippen LogP contribution in [0, 0.1) is 29.5 Å². The molecule has 3 aliphatic rings. The highest BCUT2D eigenvalue weighted by atomic mass is 19.4. The second-order valence-corrected chi connectivity index (χ2v) is 12.7. The highest BCUT2D eigenvalue weighted by Crippen LogP contribution is 2.44. The number of alkyl halides is 3. The molecule has 0 radical (unpaired) electrons. The first-order valence-corrected chi connectivity index (χ1v) is 15.3. The van der Waals surface area contributed by atoms with Crippen LogP contribution in [0.25, 0.3) is 22.2 Å². The second-order valence-electron chi connectivity index (χ2n) is 12.7. The van der Waals surface area contributed by atoms with Gasteiger partial charge in [0.05, 0.1) is 28.5 Å². The lowest BCUT2D eigenvalue weighted by atomic mass is 9.78. The molecule has 9 nitrogen and oxygen atoms in total. The third-order valence-electron chi connectivity index (χ3n) is 9.49. The Morgan fingerprint density at radius 1 is 1.24 bits per heavy atom. The summed E-state index contributed by atoms with van der Waals surface area (Å²) in [7, 11) is 0. The number of rotatable bonds is 6. The van der Waals surface area contributed by atoms with Gasteiger partial charge in [0.2, 0.25) is 0 Å². The molecule has 46 heavy (non-hydrogen) atoms. The number of fused-ring (bicyclic) bond motifs is 3. The molecule has 2 bridgehead atoms. The van der Waals surface area contributed by atoms with Gasteiger partial charge in [0, 0.05) is 55.4 Å². The number of halogens is 5. The standard InChI is InChI=1S/C32H35F5N8O/c1-4-44-8-7-18(10-33)31(3,15-44)16-46-30-42-27-22(29(43-30)45-13-19-5-6-20(14-45)41-19)12-40-28(26(27)34)24-21(11-38)23(39)9-17(2)25(24)32(35,36)37/h9-10,12,19-20,41H,4-8,13-16,39H2,1-3H3/b18-10+/t19-,20+,31-/m0/s1. The van der Waals surface area contributed by atoms with E-state index in [0.29, 0.717) is 50.3 Å². The summed E-state index contributed by atoms with van der Waals surface area (Å²) < 4.78 is 79.9. The van der Waals surface area contributed by atoms with Crippen molar-refractivity contribution in [1.29, 1.82) is 5.26 Å². The van der Waals surface area contributed by atoms with Gasteiger partial charge < -0.3 is 25.6 Å². The normalized spacial score (nSPS) is 24.5. The summed E-state index contributed by atoms with van der Waals surface area (Å²) in [6, 6.07) is 2.92. The molecule has 14 heteroatoms. The molecule has 3 saturated heterocycles. The molecule has 244 valence electrons. The van der Waals surface area contributed by atoms with Gasteiger partial charge in [-0.05, 0) is 49.9 Å². The Hall–Kier alpha value is -4.09. The number of likely N-dealkylation sites (tertiary alicyclic amines) is 1. The molecular formula is C32H35F5N8O. The summed E-state index contributed by atoms with van der Waals surface area (Å²) in [6.07, 6.45) is -0.653. The van der Waals surface area contributed by atoms with E-state index >= 15 is 4.39 Å². The van der Waals surface area contributed by atoms with Crippen molar-refractivity contribution in [3.05, 3.63) is 46.7 Å². The van der Waals surface area contributed by atoms with Crippen LogP contribution in [-0.2, 0) is 6.18 Å². The van der Waals surface area contributed by atoms with Crippen LogP contribution in [0.3, 0.4) is 0 Å². The molecule has 2 aromatic heterocycles. The molecule has 6 rings (SSSR count). The number of hydrogen-bond acceptors (Lipinski definition) is 9. The van der Waals surface area contributed by atoms with E-state index in [1.807, 2.05) is 18.7 Å². The number of nitrogen functional groups attached to an aromatic ring is 1. The summed E-state index contributed by atoms with van der Waals surface area (Å²) in [5.41, 5.74) is 1.80. The van der Waals surface area contributed by atoms with Crippen LogP contribution in [-0.4, -0.2) is 71.3 Å². The lowest BCUT2D eigenvalue weighted by Crippen LogP contribution is -2.51. The molecule has 0 spiro atoms. The number of anilines is 2. The van der Waals surface area contributed by atoms with Crippen molar-refractivity contribution < 1.29 is 26.7 Å². The summed E-state index contributed by atoms with van der Waals surface area (Å²) in [5, 5.41) is 13.5. The smallest absolute Gasteiger partial charge is 0.417 e. The Kier molecular flexibility index (Phi) is 8.27. The van der Waals surface area contributed by atoms with Gasteiger partial charge in [0.15, 0.2) is 5.82 Å². The van der Waals surface area contributed by atoms with Crippen molar-refractivity contribution in [1.82, 2.24) is 25.2 Å². The molecule has 0 amide bonds. The number of aromatic nitrogens is 3. The van der Waals surface area contributed by atoms with Crippen molar-refractivity contribution in [2.24, 2.45) is 5.41 Å². The van der Waals surface area contributed by atoms with Crippen molar-refractivity contribution in [2.75, 3.05) is 50.0 Å². The number of piperazine rings is 1. The number of pyridine rings is 1. The fraction of sp³-hybridized carbons (Fsp3) is 0.500. The number of ether oxygens (including phenoxy) is 1. The summed E-state index contributed by atoms with van der Waals surface area (Å²) in [4.78, 5) is 17.3. The first-order chi connectivity index (χ1) is 21.9. The van der Waals surface area contributed by atoms with E-state index in [2.05, 4.69) is 25.2 Å². The van der Waals surface area contributed by atoms with E-state index in [4.69, 9.17) is 10.5 Å².